The minimum absolute atomic E-state index is 0.0765. The Kier molecular flexibility index (Phi) is 5.31. The zero-order chi connectivity index (χ0) is 16.1. The van der Waals surface area contributed by atoms with Gasteiger partial charge >= 0.3 is 0 Å². The topological polar surface area (TPSA) is 52.9 Å². The number of amides is 1. The third-order valence-electron chi connectivity index (χ3n) is 2.75. The molecule has 2 aromatic carbocycles. The van der Waals surface area contributed by atoms with Crippen LogP contribution in [0.25, 0.3) is 6.08 Å². The van der Waals surface area contributed by atoms with E-state index in [0.717, 1.165) is 10.5 Å². The molecule has 0 aliphatic carbocycles. The Labute approximate surface area is 140 Å². The van der Waals surface area contributed by atoms with Crippen LogP contribution in [0.15, 0.2) is 52.5 Å². The number of carbonyl (C=O) groups excluding carboxylic acids is 1. The molecule has 0 aliphatic heterocycles. The number of nitrogens with zero attached hydrogens (tertiary/aromatic N) is 1. The molecule has 0 unspecified atom stereocenters. The summed E-state index contributed by atoms with van der Waals surface area (Å²) >= 11 is 8.99. The van der Waals surface area contributed by atoms with E-state index in [9.17, 15) is 9.18 Å². The van der Waals surface area contributed by atoms with Crippen LogP contribution >= 0.6 is 27.5 Å². The summed E-state index contributed by atoms with van der Waals surface area (Å²) in [5, 5.41) is 11.5. The fraction of sp³-hybridized carbons (Fsp3) is 0. The van der Waals surface area contributed by atoms with Gasteiger partial charge in [0.15, 0.2) is 0 Å². The first-order valence-corrected chi connectivity index (χ1v) is 7.31. The number of carbonyl (C=O) groups is 1. The molecule has 0 fully saturated rings. The fourth-order valence-electron chi connectivity index (χ4n) is 1.67. The molecule has 6 heteroatoms. The normalized spacial score (nSPS) is 10.9. The van der Waals surface area contributed by atoms with E-state index in [-0.39, 0.29) is 10.6 Å². The summed E-state index contributed by atoms with van der Waals surface area (Å²) in [7, 11) is 0. The van der Waals surface area contributed by atoms with E-state index in [1.807, 2.05) is 12.1 Å². The van der Waals surface area contributed by atoms with Crippen molar-refractivity contribution >= 4 is 45.2 Å². The Morgan fingerprint density at radius 3 is 2.68 bits per heavy atom. The van der Waals surface area contributed by atoms with E-state index in [0.29, 0.717) is 11.3 Å². The monoisotopic (exact) mass is 378 g/mol. The van der Waals surface area contributed by atoms with Crippen molar-refractivity contribution in [2.45, 2.75) is 0 Å². The van der Waals surface area contributed by atoms with Crippen LogP contribution < -0.4 is 5.32 Å². The molecular formula is C16H9BrClFN2O. The van der Waals surface area contributed by atoms with Gasteiger partial charge in [-0.05, 0) is 35.9 Å². The predicted molar refractivity (Wildman–Crippen MR) is 87.8 cm³/mol. The second-order valence-corrected chi connectivity index (χ2v) is 5.54. The number of rotatable bonds is 3. The number of nitriles is 1. The highest BCUT2D eigenvalue weighted by molar-refractivity contribution is 9.10. The molecule has 22 heavy (non-hydrogen) atoms. The van der Waals surface area contributed by atoms with Gasteiger partial charge in [-0.3, -0.25) is 4.79 Å². The number of hydrogen-bond acceptors (Lipinski definition) is 2. The highest BCUT2D eigenvalue weighted by Gasteiger charge is 2.11. The lowest BCUT2D eigenvalue weighted by Crippen LogP contribution is -2.13. The number of nitrogens with one attached hydrogen (secondary N) is 1. The summed E-state index contributed by atoms with van der Waals surface area (Å²) in [5.74, 6) is -1.18. The maximum Gasteiger partial charge on any atom is 0.266 e. The van der Waals surface area contributed by atoms with Crippen LogP contribution in [0.3, 0.4) is 0 Å². The lowest BCUT2D eigenvalue weighted by molar-refractivity contribution is -0.112. The van der Waals surface area contributed by atoms with E-state index in [4.69, 9.17) is 16.9 Å². The zero-order valence-electron chi connectivity index (χ0n) is 11.1. The van der Waals surface area contributed by atoms with E-state index in [1.165, 1.54) is 18.2 Å². The number of anilines is 1. The second-order valence-electron chi connectivity index (χ2n) is 4.27. The highest BCUT2D eigenvalue weighted by Crippen LogP contribution is 2.21. The molecule has 0 saturated heterocycles. The van der Waals surface area contributed by atoms with Crippen molar-refractivity contribution in [1.82, 2.24) is 0 Å². The standard InChI is InChI=1S/C16H9BrClFN2O/c17-13-4-2-1-3-10(13)7-11(9-20)16(22)21-12-5-6-15(19)14(18)8-12/h1-8H,(H,21,22)/b11-7+. The maximum absolute atomic E-state index is 13.1. The van der Waals surface area contributed by atoms with Crippen LogP contribution in [-0.4, -0.2) is 5.91 Å². The zero-order valence-corrected chi connectivity index (χ0v) is 13.5. The van der Waals surface area contributed by atoms with Crippen molar-refractivity contribution in [2.75, 3.05) is 5.32 Å². The summed E-state index contributed by atoms with van der Waals surface area (Å²) in [6.07, 6.45) is 1.46. The van der Waals surface area contributed by atoms with Crippen LogP contribution in [0.5, 0.6) is 0 Å². The van der Waals surface area contributed by atoms with E-state index in [1.54, 1.807) is 18.2 Å². The van der Waals surface area contributed by atoms with E-state index in [2.05, 4.69) is 21.2 Å². The Hall–Kier alpha value is -2.16. The van der Waals surface area contributed by atoms with Gasteiger partial charge in [0.2, 0.25) is 0 Å². The Morgan fingerprint density at radius 2 is 2.05 bits per heavy atom. The lowest BCUT2D eigenvalue weighted by Gasteiger charge is -2.05. The van der Waals surface area contributed by atoms with Crippen LogP contribution in [0.4, 0.5) is 10.1 Å². The molecule has 2 aromatic rings. The van der Waals surface area contributed by atoms with Gasteiger partial charge in [0.25, 0.3) is 5.91 Å². The number of benzene rings is 2. The molecule has 3 nitrogen and oxygen atoms in total. The van der Waals surface area contributed by atoms with Gasteiger partial charge in [0.1, 0.15) is 17.5 Å². The van der Waals surface area contributed by atoms with Crippen molar-refractivity contribution in [3.8, 4) is 6.07 Å². The molecule has 2 rings (SSSR count). The van der Waals surface area contributed by atoms with Crippen LogP contribution in [0, 0.1) is 17.1 Å². The molecule has 1 N–H and O–H groups in total. The molecule has 0 radical (unpaired) electrons. The lowest BCUT2D eigenvalue weighted by atomic mass is 10.1. The summed E-state index contributed by atoms with van der Waals surface area (Å²) in [5.41, 5.74) is 0.934. The van der Waals surface area contributed by atoms with Gasteiger partial charge in [-0.1, -0.05) is 45.7 Å². The maximum atomic E-state index is 13.1. The van der Waals surface area contributed by atoms with Crippen molar-refractivity contribution < 1.29 is 9.18 Å². The summed E-state index contributed by atoms with van der Waals surface area (Å²) < 4.78 is 13.8. The van der Waals surface area contributed by atoms with Crippen molar-refractivity contribution in [3.63, 3.8) is 0 Å². The van der Waals surface area contributed by atoms with Crippen molar-refractivity contribution in [1.29, 1.82) is 5.26 Å². The van der Waals surface area contributed by atoms with Gasteiger partial charge in [-0.15, -0.1) is 0 Å². The Morgan fingerprint density at radius 1 is 1.32 bits per heavy atom. The van der Waals surface area contributed by atoms with Gasteiger partial charge in [-0.25, -0.2) is 4.39 Å². The molecule has 0 spiro atoms. The molecule has 110 valence electrons. The van der Waals surface area contributed by atoms with E-state index >= 15 is 0 Å². The Bertz CT molecular complexity index is 799. The minimum Gasteiger partial charge on any atom is -0.321 e. The van der Waals surface area contributed by atoms with Gasteiger partial charge in [0.05, 0.1) is 5.02 Å². The third-order valence-corrected chi connectivity index (χ3v) is 3.76. The average Bonchev–Trinajstić information content (AvgIpc) is 2.50. The molecule has 0 aliphatic rings. The molecule has 0 atom stereocenters. The van der Waals surface area contributed by atoms with Crippen molar-refractivity contribution in [3.05, 3.63) is 68.9 Å². The van der Waals surface area contributed by atoms with Gasteiger partial charge < -0.3 is 5.32 Å². The SMILES string of the molecule is N#C/C(=C\c1ccccc1Br)C(=O)Nc1ccc(F)c(Cl)c1. The minimum atomic E-state index is -0.596. The van der Waals surface area contributed by atoms with E-state index < -0.39 is 11.7 Å². The summed E-state index contributed by atoms with van der Waals surface area (Å²) in [4.78, 5) is 12.1. The second kappa shape index (κ2) is 7.21. The molecule has 0 heterocycles. The molecule has 0 aromatic heterocycles. The largest absolute Gasteiger partial charge is 0.321 e. The van der Waals surface area contributed by atoms with Crippen molar-refractivity contribution in [2.24, 2.45) is 0 Å². The molecule has 1 amide bonds. The molecule has 0 bridgehead atoms. The Balaban J connectivity index is 2.24. The first-order chi connectivity index (χ1) is 10.5. The first kappa shape index (κ1) is 16.2. The molecule has 0 saturated carbocycles. The first-order valence-electron chi connectivity index (χ1n) is 6.14. The van der Waals surface area contributed by atoms with Gasteiger partial charge in [0, 0.05) is 10.2 Å². The third kappa shape index (κ3) is 3.94. The number of hydrogen-bond donors (Lipinski definition) is 1. The molecular weight excluding hydrogens is 371 g/mol. The summed E-state index contributed by atoms with van der Waals surface area (Å²) in [6.45, 7) is 0. The predicted octanol–water partition coefficient (Wildman–Crippen LogP) is 4.79. The fourth-order valence-corrected chi connectivity index (χ4v) is 2.25. The van der Waals surface area contributed by atoms with Crippen LogP contribution in [0.1, 0.15) is 5.56 Å². The summed E-state index contributed by atoms with van der Waals surface area (Å²) in [6, 6.07) is 12.8. The number of halogens is 3. The van der Waals surface area contributed by atoms with Crippen LogP contribution in [0.2, 0.25) is 5.02 Å². The quantitative estimate of drug-likeness (QED) is 0.616. The highest BCUT2D eigenvalue weighted by atomic mass is 79.9. The smallest absolute Gasteiger partial charge is 0.266 e. The average molecular weight is 380 g/mol. The van der Waals surface area contributed by atoms with Gasteiger partial charge in [-0.2, -0.15) is 5.26 Å². The van der Waals surface area contributed by atoms with Crippen LogP contribution in [-0.2, 0) is 4.79 Å².